The van der Waals surface area contributed by atoms with Gasteiger partial charge >= 0.3 is 6.01 Å². The summed E-state index contributed by atoms with van der Waals surface area (Å²) in [6, 6.07) is 0.262. The standard InChI is InChI=1S/C10H20N6O/c1-4-6-7-16(5-2)9-12-8(15-11)13-10(14-9)17-3/h4-7,11H2,1-3H3,(H,12,13,14,15). The van der Waals surface area contributed by atoms with Crippen molar-refractivity contribution in [3.8, 4) is 6.01 Å². The number of nitrogens with zero attached hydrogens (tertiary/aromatic N) is 4. The number of hydrazine groups is 1. The molecule has 1 aromatic heterocycles. The summed E-state index contributed by atoms with van der Waals surface area (Å²) in [5, 5.41) is 0. The van der Waals surface area contributed by atoms with E-state index >= 15 is 0 Å². The molecule has 0 bridgehead atoms. The Hall–Kier alpha value is -1.63. The average Bonchev–Trinajstić information content (AvgIpc) is 2.39. The molecule has 0 unspecified atom stereocenters. The van der Waals surface area contributed by atoms with Crippen LogP contribution in [-0.2, 0) is 0 Å². The normalized spacial score (nSPS) is 10.1. The number of nitrogens with two attached hydrogens (primary N) is 1. The van der Waals surface area contributed by atoms with Crippen LogP contribution in [0.4, 0.5) is 11.9 Å². The number of nitrogen functional groups attached to an aromatic ring is 1. The molecular weight excluding hydrogens is 220 g/mol. The highest BCUT2D eigenvalue weighted by Crippen LogP contribution is 2.14. The minimum atomic E-state index is 0.262. The molecule has 0 saturated carbocycles. The van der Waals surface area contributed by atoms with E-state index in [1.54, 1.807) is 0 Å². The van der Waals surface area contributed by atoms with Gasteiger partial charge < -0.3 is 9.64 Å². The number of unbranched alkanes of at least 4 members (excludes halogenated alkanes) is 1. The Morgan fingerprint density at radius 3 is 2.59 bits per heavy atom. The second kappa shape index (κ2) is 6.85. The van der Waals surface area contributed by atoms with Crippen LogP contribution in [0.1, 0.15) is 26.7 Å². The van der Waals surface area contributed by atoms with Gasteiger partial charge in [0, 0.05) is 13.1 Å². The molecule has 0 aliphatic heterocycles. The van der Waals surface area contributed by atoms with Gasteiger partial charge in [0.15, 0.2) is 0 Å². The van der Waals surface area contributed by atoms with Crippen molar-refractivity contribution in [3.63, 3.8) is 0 Å². The summed E-state index contributed by atoms with van der Waals surface area (Å²) in [6.07, 6.45) is 2.22. The minimum absolute atomic E-state index is 0.262. The summed E-state index contributed by atoms with van der Waals surface area (Å²) in [6.45, 7) is 5.94. The minimum Gasteiger partial charge on any atom is -0.467 e. The highest BCUT2D eigenvalue weighted by atomic mass is 16.5. The Bertz CT molecular complexity index is 323. The molecular formula is C10H20N6O. The molecule has 0 radical (unpaired) electrons. The second-order valence-electron chi connectivity index (χ2n) is 3.52. The summed E-state index contributed by atoms with van der Waals surface area (Å²) >= 11 is 0. The monoisotopic (exact) mass is 240 g/mol. The smallest absolute Gasteiger partial charge is 0.322 e. The molecule has 0 saturated heterocycles. The van der Waals surface area contributed by atoms with Gasteiger partial charge in [0.05, 0.1) is 7.11 Å². The summed E-state index contributed by atoms with van der Waals surface area (Å²) in [4.78, 5) is 14.4. The second-order valence-corrected chi connectivity index (χ2v) is 3.52. The van der Waals surface area contributed by atoms with Crippen molar-refractivity contribution in [1.82, 2.24) is 15.0 Å². The van der Waals surface area contributed by atoms with E-state index < -0.39 is 0 Å². The zero-order valence-electron chi connectivity index (χ0n) is 10.6. The van der Waals surface area contributed by atoms with Crippen molar-refractivity contribution in [3.05, 3.63) is 0 Å². The zero-order valence-corrected chi connectivity index (χ0v) is 10.6. The number of rotatable bonds is 7. The molecule has 0 aliphatic rings. The number of hydrogen-bond donors (Lipinski definition) is 2. The molecule has 0 spiro atoms. The van der Waals surface area contributed by atoms with Crippen LogP contribution in [0.2, 0.25) is 0 Å². The zero-order chi connectivity index (χ0) is 12.7. The number of nitrogens with one attached hydrogen (secondary N) is 1. The van der Waals surface area contributed by atoms with Crippen LogP contribution in [0.3, 0.4) is 0 Å². The number of aromatic nitrogens is 3. The van der Waals surface area contributed by atoms with E-state index in [0.717, 1.165) is 25.9 Å². The van der Waals surface area contributed by atoms with Crippen molar-refractivity contribution < 1.29 is 4.74 Å². The predicted octanol–water partition coefficient (Wildman–Crippen LogP) is 0.792. The van der Waals surface area contributed by atoms with E-state index in [2.05, 4.69) is 39.1 Å². The Labute approximate surface area is 101 Å². The van der Waals surface area contributed by atoms with Crippen LogP contribution in [0.5, 0.6) is 6.01 Å². The predicted molar refractivity (Wildman–Crippen MR) is 67.0 cm³/mol. The fourth-order valence-corrected chi connectivity index (χ4v) is 1.39. The van der Waals surface area contributed by atoms with Gasteiger partial charge in [0.2, 0.25) is 11.9 Å². The molecule has 0 aliphatic carbocycles. The lowest BCUT2D eigenvalue weighted by Crippen LogP contribution is -2.27. The maximum absolute atomic E-state index is 5.31. The first-order valence-corrected chi connectivity index (χ1v) is 5.76. The lowest BCUT2D eigenvalue weighted by atomic mass is 10.3. The van der Waals surface area contributed by atoms with Gasteiger partial charge in [-0.1, -0.05) is 13.3 Å². The lowest BCUT2D eigenvalue weighted by Gasteiger charge is -2.20. The Morgan fingerprint density at radius 2 is 2.06 bits per heavy atom. The van der Waals surface area contributed by atoms with E-state index in [4.69, 9.17) is 10.6 Å². The molecule has 1 heterocycles. The molecule has 1 rings (SSSR count). The third-order valence-electron chi connectivity index (χ3n) is 2.36. The van der Waals surface area contributed by atoms with Crippen molar-refractivity contribution >= 4 is 11.9 Å². The SMILES string of the molecule is CCCCN(CC)c1nc(NN)nc(OC)n1. The van der Waals surface area contributed by atoms with Crippen molar-refractivity contribution in [1.29, 1.82) is 0 Å². The molecule has 0 fully saturated rings. The Balaban J connectivity index is 2.92. The van der Waals surface area contributed by atoms with Crippen molar-refractivity contribution in [2.24, 2.45) is 5.84 Å². The largest absolute Gasteiger partial charge is 0.467 e. The summed E-state index contributed by atoms with van der Waals surface area (Å²) in [7, 11) is 1.52. The van der Waals surface area contributed by atoms with E-state index in [9.17, 15) is 0 Å². The molecule has 96 valence electrons. The van der Waals surface area contributed by atoms with Crippen LogP contribution in [0.15, 0.2) is 0 Å². The quantitative estimate of drug-likeness (QED) is 0.538. The van der Waals surface area contributed by atoms with Crippen LogP contribution < -0.4 is 20.9 Å². The Kier molecular flexibility index (Phi) is 5.41. The number of anilines is 2. The van der Waals surface area contributed by atoms with Crippen LogP contribution in [0, 0.1) is 0 Å². The van der Waals surface area contributed by atoms with Gasteiger partial charge in [0.1, 0.15) is 0 Å². The summed E-state index contributed by atoms with van der Waals surface area (Å²) in [5.74, 6) is 6.20. The van der Waals surface area contributed by atoms with Gasteiger partial charge in [-0.2, -0.15) is 15.0 Å². The van der Waals surface area contributed by atoms with Crippen molar-refractivity contribution in [2.45, 2.75) is 26.7 Å². The molecule has 7 heteroatoms. The number of methoxy groups -OCH3 is 1. The van der Waals surface area contributed by atoms with Crippen LogP contribution in [-0.4, -0.2) is 35.2 Å². The summed E-state index contributed by atoms with van der Waals surface area (Å²) < 4.78 is 5.01. The van der Waals surface area contributed by atoms with Gasteiger partial charge in [0.25, 0.3) is 0 Å². The molecule has 17 heavy (non-hydrogen) atoms. The highest BCUT2D eigenvalue weighted by Gasteiger charge is 2.11. The number of hydrogen-bond acceptors (Lipinski definition) is 7. The van der Waals surface area contributed by atoms with Crippen LogP contribution in [0.25, 0.3) is 0 Å². The first-order chi connectivity index (χ1) is 8.24. The van der Waals surface area contributed by atoms with Gasteiger partial charge in [-0.15, -0.1) is 0 Å². The Morgan fingerprint density at radius 1 is 1.29 bits per heavy atom. The van der Waals surface area contributed by atoms with Gasteiger partial charge in [-0.05, 0) is 13.3 Å². The molecule has 0 aromatic carbocycles. The topological polar surface area (TPSA) is 89.2 Å². The van der Waals surface area contributed by atoms with E-state index in [-0.39, 0.29) is 6.01 Å². The number of ether oxygens (including phenoxy) is 1. The molecule has 0 atom stereocenters. The first-order valence-electron chi connectivity index (χ1n) is 5.76. The molecule has 1 aromatic rings. The fraction of sp³-hybridized carbons (Fsp3) is 0.700. The van der Waals surface area contributed by atoms with Gasteiger partial charge in [-0.25, -0.2) is 5.84 Å². The fourth-order valence-electron chi connectivity index (χ4n) is 1.39. The maximum Gasteiger partial charge on any atom is 0.322 e. The lowest BCUT2D eigenvalue weighted by molar-refractivity contribution is 0.378. The van der Waals surface area contributed by atoms with E-state index in [0.29, 0.717) is 11.9 Å². The van der Waals surface area contributed by atoms with Crippen molar-refractivity contribution in [2.75, 3.05) is 30.5 Å². The first kappa shape index (κ1) is 13.4. The maximum atomic E-state index is 5.31. The average molecular weight is 240 g/mol. The van der Waals surface area contributed by atoms with Gasteiger partial charge in [-0.3, -0.25) is 5.43 Å². The van der Waals surface area contributed by atoms with E-state index in [1.807, 2.05) is 0 Å². The molecule has 7 nitrogen and oxygen atoms in total. The highest BCUT2D eigenvalue weighted by molar-refractivity contribution is 5.37. The summed E-state index contributed by atoms with van der Waals surface area (Å²) in [5.41, 5.74) is 2.41. The van der Waals surface area contributed by atoms with Crippen LogP contribution >= 0.6 is 0 Å². The third kappa shape index (κ3) is 3.70. The third-order valence-corrected chi connectivity index (χ3v) is 2.36. The molecule has 3 N–H and O–H groups in total. The molecule has 0 amide bonds. The van der Waals surface area contributed by atoms with E-state index in [1.165, 1.54) is 7.11 Å².